The van der Waals surface area contributed by atoms with Crippen LogP contribution in [0, 0.1) is 0 Å². The van der Waals surface area contributed by atoms with E-state index in [1.54, 1.807) is 0 Å². The van der Waals surface area contributed by atoms with Gasteiger partial charge in [-0.15, -0.1) is 0 Å². The highest BCUT2D eigenvalue weighted by Crippen LogP contribution is 2.22. The molecular weight excluding hydrogens is 350 g/mol. The van der Waals surface area contributed by atoms with Gasteiger partial charge in [0.25, 0.3) is 0 Å². The lowest BCUT2D eigenvalue weighted by Gasteiger charge is -2.12. The Balaban J connectivity index is 1.49. The maximum atomic E-state index is 12.3. The molecule has 1 heterocycles. The molecule has 0 saturated carbocycles. The molecule has 1 aromatic heterocycles. The van der Waals surface area contributed by atoms with Gasteiger partial charge < -0.3 is 14.5 Å². The van der Waals surface area contributed by atoms with E-state index in [-0.39, 0.29) is 12.0 Å². The van der Waals surface area contributed by atoms with Crippen molar-refractivity contribution in [2.75, 3.05) is 0 Å². The first-order valence-electron chi connectivity index (χ1n) is 9.71. The molecule has 0 unspecified atom stereocenters. The van der Waals surface area contributed by atoms with E-state index in [9.17, 15) is 4.79 Å². The smallest absolute Gasteiger partial charge is 0.220 e. The number of aryl methyl sites for hydroxylation is 1. The molecule has 1 amide bonds. The number of furan rings is 1. The number of amides is 1. The van der Waals surface area contributed by atoms with Crippen molar-refractivity contribution in [1.29, 1.82) is 0 Å². The Hall–Kier alpha value is -2.85. The molecule has 3 aromatic rings. The van der Waals surface area contributed by atoms with Gasteiger partial charge in [-0.1, -0.05) is 54.6 Å². The van der Waals surface area contributed by atoms with Crippen molar-refractivity contribution in [3.8, 4) is 11.3 Å². The SMILES string of the molecule is CC(C)OCc1ccccc1CNC(=O)CCc1ccc(-c2ccccc2)o1. The highest BCUT2D eigenvalue weighted by atomic mass is 16.5. The van der Waals surface area contributed by atoms with Crippen LogP contribution in [0.25, 0.3) is 11.3 Å². The monoisotopic (exact) mass is 377 g/mol. The van der Waals surface area contributed by atoms with Gasteiger partial charge in [-0.3, -0.25) is 4.79 Å². The fourth-order valence-corrected chi connectivity index (χ4v) is 2.92. The second-order valence-corrected chi connectivity index (χ2v) is 7.04. The van der Waals surface area contributed by atoms with Gasteiger partial charge in [0.2, 0.25) is 5.91 Å². The van der Waals surface area contributed by atoms with Gasteiger partial charge in [-0.25, -0.2) is 0 Å². The summed E-state index contributed by atoms with van der Waals surface area (Å²) in [5.74, 6) is 1.66. The third-order valence-electron chi connectivity index (χ3n) is 4.48. The zero-order valence-electron chi connectivity index (χ0n) is 16.5. The van der Waals surface area contributed by atoms with Crippen LogP contribution in [0.3, 0.4) is 0 Å². The first-order chi connectivity index (χ1) is 13.6. The topological polar surface area (TPSA) is 51.5 Å². The third kappa shape index (κ3) is 5.83. The van der Waals surface area contributed by atoms with Gasteiger partial charge in [-0.2, -0.15) is 0 Å². The quantitative estimate of drug-likeness (QED) is 0.563. The number of hydrogen-bond acceptors (Lipinski definition) is 3. The van der Waals surface area contributed by atoms with Crippen LogP contribution < -0.4 is 5.32 Å². The Morgan fingerprint density at radius 3 is 2.43 bits per heavy atom. The van der Waals surface area contributed by atoms with Gasteiger partial charge in [0.15, 0.2) is 0 Å². The molecule has 0 radical (unpaired) electrons. The minimum Gasteiger partial charge on any atom is -0.461 e. The average molecular weight is 377 g/mol. The van der Waals surface area contributed by atoms with Gasteiger partial charge in [0.05, 0.1) is 12.7 Å². The van der Waals surface area contributed by atoms with Crippen molar-refractivity contribution in [3.63, 3.8) is 0 Å². The first kappa shape index (κ1) is 19.9. The molecule has 0 aliphatic carbocycles. The van der Waals surface area contributed by atoms with Crippen molar-refractivity contribution < 1.29 is 13.9 Å². The van der Waals surface area contributed by atoms with Crippen LogP contribution >= 0.6 is 0 Å². The Labute approximate surface area is 166 Å². The molecule has 0 aliphatic heterocycles. The summed E-state index contributed by atoms with van der Waals surface area (Å²) in [4.78, 5) is 12.3. The van der Waals surface area contributed by atoms with E-state index < -0.39 is 0 Å². The fraction of sp³-hybridized carbons (Fsp3) is 0.292. The summed E-state index contributed by atoms with van der Waals surface area (Å²) in [6.07, 6.45) is 1.15. The molecule has 0 atom stereocenters. The lowest BCUT2D eigenvalue weighted by atomic mass is 10.1. The van der Waals surface area contributed by atoms with Crippen molar-refractivity contribution in [1.82, 2.24) is 5.32 Å². The summed E-state index contributed by atoms with van der Waals surface area (Å²) in [5, 5.41) is 3.00. The molecular formula is C24H27NO3. The molecule has 0 spiro atoms. The Bertz CT molecular complexity index is 884. The van der Waals surface area contributed by atoms with Gasteiger partial charge in [-0.05, 0) is 37.1 Å². The van der Waals surface area contributed by atoms with Gasteiger partial charge in [0, 0.05) is 24.9 Å². The van der Waals surface area contributed by atoms with E-state index in [4.69, 9.17) is 9.15 Å². The molecule has 28 heavy (non-hydrogen) atoms. The van der Waals surface area contributed by atoms with Gasteiger partial charge in [0.1, 0.15) is 11.5 Å². The number of carbonyl (C=O) groups excluding carboxylic acids is 1. The number of nitrogens with one attached hydrogen (secondary N) is 1. The standard InChI is InChI=1S/C24H27NO3/c1-18(2)27-17-21-11-7-6-10-20(21)16-25-24(26)15-13-22-12-14-23(28-22)19-8-4-3-5-9-19/h3-12,14,18H,13,15-17H2,1-2H3,(H,25,26). The van der Waals surface area contributed by atoms with Crippen molar-refractivity contribution in [2.45, 2.75) is 45.9 Å². The molecule has 0 bridgehead atoms. The summed E-state index contributed by atoms with van der Waals surface area (Å²) >= 11 is 0. The molecule has 0 fully saturated rings. The van der Waals surface area contributed by atoms with E-state index in [0.717, 1.165) is 28.2 Å². The summed E-state index contributed by atoms with van der Waals surface area (Å²) in [7, 11) is 0. The molecule has 4 heteroatoms. The maximum absolute atomic E-state index is 12.3. The van der Waals surface area contributed by atoms with Crippen LogP contribution in [0.1, 0.15) is 37.2 Å². The Kier molecular flexibility index (Phi) is 7.04. The highest BCUT2D eigenvalue weighted by Gasteiger charge is 2.09. The normalized spacial score (nSPS) is 11.0. The van der Waals surface area contributed by atoms with Crippen molar-refractivity contribution >= 4 is 5.91 Å². The average Bonchev–Trinajstić information content (AvgIpc) is 3.19. The summed E-state index contributed by atoms with van der Waals surface area (Å²) in [6, 6.07) is 21.9. The predicted octanol–water partition coefficient (Wildman–Crippen LogP) is 5.12. The second-order valence-electron chi connectivity index (χ2n) is 7.04. The molecule has 3 rings (SSSR count). The summed E-state index contributed by atoms with van der Waals surface area (Å²) in [6.45, 7) is 5.09. The van der Waals surface area contributed by atoms with Crippen LogP contribution in [-0.4, -0.2) is 12.0 Å². The first-order valence-corrected chi connectivity index (χ1v) is 9.71. The molecule has 1 N–H and O–H groups in total. The minimum absolute atomic E-state index is 0.0113. The number of ether oxygens (including phenoxy) is 1. The second kappa shape index (κ2) is 9.90. The lowest BCUT2D eigenvalue weighted by Crippen LogP contribution is -2.23. The van der Waals surface area contributed by atoms with Crippen molar-refractivity contribution in [3.05, 3.63) is 83.6 Å². The molecule has 2 aromatic carbocycles. The highest BCUT2D eigenvalue weighted by molar-refractivity contribution is 5.76. The van der Waals surface area contributed by atoms with E-state index in [1.165, 1.54) is 0 Å². The molecule has 0 aliphatic rings. The summed E-state index contributed by atoms with van der Waals surface area (Å²) < 4.78 is 11.6. The van der Waals surface area contributed by atoms with E-state index in [0.29, 0.717) is 26.0 Å². The van der Waals surface area contributed by atoms with E-state index in [1.807, 2.05) is 80.6 Å². The number of rotatable bonds is 9. The number of carbonyl (C=O) groups is 1. The Morgan fingerprint density at radius 2 is 1.68 bits per heavy atom. The van der Waals surface area contributed by atoms with Crippen molar-refractivity contribution in [2.24, 2.45) is 0 Å². The zero-order valence-corrected chi connectivity index (χ0v) is 16.5. The third-order valence-corrected chi connectivity index (χ3v) is 4.48. The fourth-order valence-electron chi connectivity index (χ4n) is 2.92. The van der Waals surface area contributed by atoms with Gasteiger partial charge >= 0.3 is 0 Å². The van der Waals surface area contributed by atoms with Crippen LogP contribution in [0.4, 0.5) is 0 Å². The van der Waals surface area contributed by atoms with Crippen LogP contribution in [0.15, 0.2) is 71.1 Å². The summed E-state index contributed by atoms with van der Waals surface area (Å²) in [5.41, 5.74) is 3.23. The zero-order chi connectivity index (χ0) is 19.8. The Morgan fingerprint density at radius 1 is 0.964 bits per heavy atom. The molecule has 4 nitrogen and oxygen atoms in total. The van der Waals surface area contributed by atoms with Crippen LogP contribution in [0.2, 0.25) is 0 Å². The lowest BCUT2D eigenvalue weighted by molar-refractivity contribution is -0.121. The van der Waals surface area contributed by atoms with E-state index in [2.05, 4.69) is 5.32 Å². The number of hydrogen-bond donors (Lipinski definition) is 1. The molecule has 146 valence electrons. The molecule has 0 saturated heterocycles. The number of benzene rings is 2. The maximum Gasteiger partial charge on any atom is 0.220 e. The minimum atomic E-state index is 0.0113. The predicted molar refractivity (Wildman–Crippen MR) is 111 cm³/mol. The largest absolute Gasteiger partial charge is 0.461 e. The van der Waals surface area contributed by atoms with Crippen LogP contribution in [0.5, 0.6) is 0 Å². The van der Waals surface area contributed by atoms with Crippen LogP contribution in [-0.2, 0) is 29.1 Å². The van der Waals surface area contributed by atoms with E-state index >= 15 is 0 Å².